The second kappa shape index (κ2) is 6.25. The number of hydrogen-bond donors (Lipinski definition) is 1. The molecular formula is C13H18FN3O4S. The number of nitrogens with two attached hydrogens (primary N) is 1. The predicted octanol–water partition coefficient (Wildman–Crippen LogP) is 1.14. The molecule has 22 heavy (non-hydrogen) atoms. The third-order valence-corrected chi connectivity index (χ3v) is 4.04. The van der Waals surface area contributed by atoms with Crippen LogP contribution in [0.4, 0.5) is 10.2 Å². The number of carbonyl (C=O) groups is 1. The molecule has 1 saturated heterocycles. The summed E-state index contributed by atoms with van der Waals surface area (Å²) in [5, 5.41) is 0. The van der Waals surface area contributed by atoms with Gasteiger partial charge in [-0.25, -0.2) is 9.18 Å². The smallest absolute Gasteiger partial charge is 0.351 e. The van der Waals surface area contributed by atoms with E-state index in [4.69, 9.17) is 15.2 Å². The molecule has 0 aliphatic carbocycles. The van der Waals surface area contributed by atoms with Gasteiger partial charge in [0.05, 0.1) is 11.6 Å². The minimum absolute atomic E-state index is 0.0664. The van der Waals surface area contributed by atoms with Crippen molar-refractivity contribution in [1.29, 1.82) is 0 Å². The van der Waals surface area contributed by atoms with Gasteiger partial charge in [0.15, 0.2) is 11.6 Å². The molecule has 122 valence electrons. The van der Waals surface area contributed by atoms with Crippen molar-refractivity contribution >= 4 is 23.5 Å². The lowest BCUT2D eigenvalue weighted by Gasteiger charge is -2.19. The number of hydrogen-bond acceptors (Lipinski definition) is 7. The van der Waals surface area contributed by atoms with Crippen LogP contribution in [0.5, 0.6) is 0 Å². The molecule has 1 fully saturated rings. The van der Waals surface area contributed by atoms with E-state index in [9.17, 15) is 14.0 Å². The molecule has 1 aromatic rings. The molecule has 7 nitrogen and oxygen atoms in total. The summed E-state index contributed by atoms with van der Waals surface area (Å²) in [7, 11) is 0. The molecule has 1 aromatic heterocycles. The Bertz CT molecular complexity index is 629. The maximum Gasteiger partial charge on any atom is 0.351 e. The summed E-state index contributed by atoms with van der Waals surface area (Å²) >= 11 is 1.38. The van der Waals surface area contributed by atoms with Crippen LogP contribution in [0.2, 0.25) is 0 Å². The number of thioether (sulfide) groups is 1. The zero-order chi connectivity index (χ0) is 16.5. The molecular weight excluding hydrogens is 313 g/mol. The standard InChI is InChI=1S/C13H18FN3O4S/c1-13(2,3)11(18)20-5-9-21-8(6-22-9)17-4-7(14)10(15)16-12(17)19/h4,8-9H,5-6H2,1-3H3,(H2,15,16,19)/t8-,9+/m1/s1. The second-order valence-electron chi connectivity index (χ2n) is 5.87. The van der Waals surface area contributed by atoms with E-state index in [2.05, 4.69) is 4.98 Å². The molecule has 2 atom stereocenters. The van der Waals surface area contributed by atoms with E-state index < -0.39 is 34.4 Å². The first kappa shape index (κ1) is 16.8. The lowest BCUT2D eigenvalue weighted by Crippen LogP contribution is -2.30. The summed E-state index contributed by atoms with van der Waals surface area (Å²) in [6.45, 7) is 5.33. The van der Waals surface area contributed by atoms with Crippen molar-refractivity contribution < 1.29 is 18.7 Å². The normalized spacial score (nSPS) is 21.8. The monoisotopic (exact) mass is 331 g/mol. The number of nitrogen functional groups attached to an aromatic ring is 1. The Balaban J connectivity index is 1.98. The quantitative estimate of drug-likeness (QED) is 0.830. The van der Waals surface area contributed by atoms with E-state index >= 15 is 0 Å². The fraction of sp³-hybridized carbons (Fsp3) is 0.615. The van der Waals surface area contributed by atoms with Crippen molar-refractivity contribution in [3.63, 3.8) is 0 Å². The highest BCUT2D eigenvalue weighted by molar-refractivity contribution is 8.00. The third-order valence-electron chi connectivity index (χ3n) is 2.94. The Morgan fingerprint density at radius 1 is 1.64 bits per heavy atom. The molecule has 1 aliphatic rings. The minimum Gasteiger partial charge on any atom is -0.462 e. The number of halogens is 1. The van der Waals surface area contributed by atoms with Crippen LogP contribution >= 0.6 is 11.8 Å². The molecule has 0 radical (unpaired) electrons. The lowest BCUT2D eigenvalue weighted by molar-refractivity contribution is -0.156. The topological polar surface area (TPSA) is 96.4 Å². The highest BCUT2D eigenvalue weighted by Crippen LogP contribution is 2.31. The Hall–Kier alpha value is -1.61. The van der Waals surface area contributed by atoms with Gasteiger partial charge in [0.1, 0.15) is 18.3 Å². The highest BCUT2D eigenvalue weighted by atomic mass is 32.2. The number of anilines is 1. The zero-order valence-corrected chi connectivity index (χ0v) is 13.4. The van der Waals surface area contributed by atoms with Gasteiger partial charge in [-0.05, 0) is 20.8 Å². The first-order chi connectivity index (χ1) is 10.2. The van der Waals surface area contributed by atoms with Crippen LogP contribution in [0.3, 0.4) is 0 Å². The average Bonchev–Trinajstić information content (AvgIpc) is 2.87. The number of esters is 1. The van der Waals surface area contributed by atoms with Gasteiger partial charge < -0.3 is 15.2 Å². The SMILES string of the molecule is CC(C)(C)C(=O)OC[C@H]1O[C@@H](n2cc(F)c(N)nc2=O)CS1. The van der Waals surface area contributed by atoms with Gasteiger partial charge in [0.25, 0.3) is 0 Å². The maximum atomic E-state index is 13.4. The largest absolute Gasteiger partial charge is 0.462 e. The van der Waals surface area contributed by atoms with Gasteiger partial charge in [-0.1, -0.05) is 0 Å². The summed E-state index contributed by atoms with van der Waals surface area (Å²) in [5.41, 5.74) is 3.54. The Morgan fingerprint density at radius 2 is 2.32 bits per heavy atom. The fourth-order valence-electron chi connectivity index (χ4n) is 1.70. The van der Waals surface area contributed by atoms with E-state index in [-0.39, 0.29) is 12.6 Å². The maximum absolute atomic E-state index is 13.4. The number of rotatable bonds is 3. The summed E-state index contributed by atoms with van der Waals surface area (Å²) in [5.74, 6) is -1.14. The van der Waals surface area contributed by atoms with Gasteiger partial charge in [0.2, 0.25) is 0 Å². The van der Waals surface area contributed by atoms with E-state index in [0.717, 1.165) is 10.8 Å². The van der Waals surface area contributed by atoms with Gasteiger partial charge in [-0.3, -0.25) is 9.36 Å². The van der Waals surface area contributed by atoms with Crippen molar-refractivity contribution in [3.05, 3.63) is 22.5 Å². The molecule has 9 heteroatoms. The van der Waals surface area contributed by atoms with Crippen molar-refractivity contribution in [2.75, 3.05) is 18.1 Å². The molecule has 2 heterocycles. The molecule has 0 amide bonds. The van der Waals surface area contributed by atoms with Gasteiger partial charge in [0, 0.05) is 5.75 Å². The summed E-state index contributed by atoms with van der Waals surface area (Å²) < 4.78 is 25.2. The zero-order valence-electron chi connectivity index (χ0n) is 12.5. The van der Waals surface area contributed by atoms with E-state index in [1.807, 2.05) is 0 Å². The van der Waals surface area contributed by atoms with Crippen molar-refractivity contribution in [1.82, 2.24) is 9.55 Å². The molecule has 0 bridgehead atoms. The van der Waals surface area contributed by atoms with Gasteiger partial charge in [-0.15, -0.1) is 11.8 Å². The number of nitrogens with zero attached hydrogens (tertiary/aromatic N) is 2. The van der Waals surface area contributed by atoms with Gasteiger partial charge in [-0.2, -0.15) is 4.98 Å². The second-order valence-corrected chi connectivity index (χ2v) is 7.06. The van der Waals surface area contributed by atoms with Crippen LogP contribution in [0.15, 0.2) is 11.0 Å². The van der Waals surface area contributed by atoms with Crippen LogP contribution < -0.4 is 11.4 Å². The lowest BCUT2D eigenvalue weighted by atomic mass is 9.97. The summed E-state index contributed by atoms with van der Waals surface area (Å²) in [6, 6.07) is 0. The Labute approximate surface area is 131 Å². The van der Waals surface area contributed by atoms with Gasteiger partial charge >= 0.3 is 11.7 Å². The number of carbonyl (C=O) groups excluding carboxylic acids is 1. The molecule has 1 aliphatic heterocycles. The van der Waals surface area contributed by atoms with Crippen LogP contribution in [0.1, 0.15) is 27.0 Å². The van der Waals surface area contributed by atoms with Crippen LogP contribution in [0, 0.1) is 11.2 Å². The average molecular weight is 331 g/mol. The van der Waals surface area contributed by atoms with Crippen molar-refractivity contribution in [2.45, 2.75) is 32.4 Å². The first-order valence-corrected chi connectivity index (χ1v) is 7.72. The molecule has 0 saturated carbocycles. The molecule has 0 aromatic carbocycles. The summed E-state index contributed by atoms with van der Waals surface area (Å²) in [6.07, 6.45) is 0.304. The number of ether oxygens (including phenoxy) is 2. The Morgan fingerprint density at radius 3 is 2.95 bits per heavy atom. The van der Waals surface area contributed by atoms with Crippen molar-refractivity contribution in [2.24, 2.45) is 5.41 Å². The van der Waals surface area contributed by atoms with E-state index in [1.165, 1.54) is 11.8 Å². The third kappa shape index (κ3) is 3.77. The minimum atomic E-state index is -0.782. The summed E-state index contributed by atoms with van der Waals surface area (Å²) in [4.78, 5) is 26.8. The Kier molecular flexibility index (Phi) is 4.76. The predicted molar refractivity (Wildman–Crippen MR) is 79.6 cm³/mol. The van der Waals surface area contributed by atoms with E-state index in [1.54, 1.807) is 20.8 Å². The first-order valence-electron chi connectivity index (χ1n) is 6.67. The van der Waals surface area contributed by atoms with Crippen LogP contribution in [-0.2, 0) is 14.3 Å². The molecule has 0 unspecified atom stereocenters. The molecule has 2 N–H and O–H groups in total. The molecule has 2 rings (SSSR count). The van der Waals surface area contributed by atoms with Crippen molar-refractivity contribution in [3.8, 4) is 0 Å². The fourth-order valence-corrected chi connectivity index (χ4v) is 2.69. The highest BCUT2D eigenvalue weighted by Gasteiger charge is 2.31. The van der Waals surface area contributed by atoms with E-state index in [0.29, 0.717) is 5.75 Å². The van der Waals surface area contributed by atoms with Crippen LogP contribution in [0.25, 0.3) is 0 Å². The molecule has 0 spiro atoms. The number of aromatic nitrogens is 2. The van der Waals surface area contributed by atoms with Crippen LogP contribution in [-0.4, -0.2) is 33.3 Å².